The monoisotopic (exact) mass is 426 g/mol. The predicted octanol–water partition coefficient (Wildman–Crippen LogP) is 3.88. The second-order valence-electron chi connectivity index (χ2n) is 6.16. The fourth-order valence-electron chi connectivity index (χ4n) is 2.78. The number of esters is 1. The summed E-state index contributed by atoms with van der Waals surface area (Å²) < 4.78 is 20.9. The van der Waals surface area contributed by atoms with Crippen molar-refractivity contribution in [1.82, 2.24) is 5.43 Å². The van der Waals surface area contributed by atoms with E-state index in [1.165, 1.54) is 13.3 Å². The molecule has 2 aromatic carbocycles. The molecular formula is C21H15ClN2O6. The van der Waals surface area contributed by atoms with Gasteiger partial charge in [0.1, 0.15) is 11.5 Å². The number of carbonyl (C=O) groups excluding carboxylic acids is 2. The lowest BCUT2D eigenvalue weighted by Gasteiger charge is -2.04. The molecule has 0 saturated heterocycles. The zero-order valence-corrected chi connectivity index (χ0v) is 16.4. The number of fused-ring (bicyclic) bond motifs is 1. The van der Waals surface area contributed by atoms with Crippen molar-refractivity contribution >= 4 is 29.7 Å². The molecule has 0 radical (unpaired) electrons. The van der Waals surface area contributed by atoms with Crippen LogP contribution in [0.15, 0.2) is 58.0 Å². The first kappa shape index (κ1) is 19.5. The second-order valence-corrected chi connectivity index (χ2v) is 6.56. The Labute approximate surface area is 176 Å². The smallest absolute Gasteiger partial charge is 0.339 e. The van der Waals surface area contributed by atoms with Gasteiger partial charge < -0.3 is 18.6 Å². The Bertz CT molecular complexity index is 1150. The average molecular weight is 427 g/mol. The summed E-state index contributed by atoms with van der Waals surface area (Å²) in [6.45, 7) is 0.133. The van der Waals surface area contributed by atoms with Crippen LogP contribution < -0.4 is 14.9 Å². The standard InChI is InChI=1S/C21H15ClN2O6/c1-27-21(26)15-8-12(2-5-16(15)22)17-7-4-14(30-17)10-23-24-20(25)13-3-6-18-19(9-13)29-11-28-18/h2-10H,11H2,1H3,(H,24,25)/b23-10-. The van der Waals surface area contributed by atoms with Crippen LogP contribution in [0.2, 0.25) is 5.02 Å². The fraction of sp³-hybridized carbons (Fsp3) is 0.0952. The molecule has 0 unspecified atom stereocenters. The highest BCUT2D eigenvalue weighted by molar-refractivity contribution is 6.33. The molecule has 0 spiro atoms. The highest BCUT2D eigenvalue weighted by atomic mass is 35.5. The predicted molar refractivity (Wildman–Crippen MR) is 108 cm³/mol. The van der Waals surface area contributed by atoms with Crippen molar-refractivity contribution in [2.24, 2.45) is 5.10 Å². The number of rotatable bonds is 5. The minimum absolute atomic E-state index is 0.133. The van der Waals surface area contributed by atoms with Gasteiger partial charge >= 0.3 is 5.97 Å². The van der Waals surface area contributed by atoms with Crippen molar-refractivity contribution in [1.29, 1.82) is 0 Å². The van der Waals surface area contributed by atoms with Gasteiger partial charge in [-0.1, -0.05) is 11.6 Å². The molecule has 4 rings (SSSR count). The molecule has 0 bridgehead atoms. The number of halogens is 1. The van der Waals surface area contributed by atoms with E-state index in [1.807, 2.05) is 0 Å². The van der Waals surface area contributed by atoms with Gasteiger partial charge in [-0.15, -0.1) is 0 Å². The summed E-state index contributed by atoms with van der Waals surface area (Å²) in [5, 5.41) is 4.19. The summed E-state index contributed by atoms with van der Waals surface area (Å²) in [6.07, 6.45) is 1.37. The number of amides is 1. The quantitative estimate of drug-likeness (QED) is 0.377. The second kappa shape index (κ2) is 8.30. The molecule has 1 amide bonds. The molecule has 152 valence electrons. The Morgan fingerprint density at radius 1 is 1.10 bits per heavy atom. The third-order valence-corrected chi connectivity index (χ3v) is 4.61. The molecular weight excluding hydrogens is 412 g/mol. The Morgan fingerprint density at radius 2 is 1.93 bits per heavy atom. The molecule has 1 N–H and O–H groups in total. The van der Waals surface area contributed by atoms with Crippen LogP contribution in [0, 0.1) is 0 Å². The van der Waals surface area contributed by atoms with Gasteiger partial charge in [-0.3, -0.25) is 4.79 Å². The van der Waals surface area contributed by atoms with Crippen LogP contribution in [0.4, 0.5) is 0 Å². The summed E-state index contributed by atoms with van der Waals surface area (Å²) in [6, 6.07) is 13.1. The molecule has 9 heteroatoms. The maximum atomic E-state index is 12.2. The van der Waals surface area contributed by atoms with Gasteiger partial charge in [0.25, 0.3) is 5.91 Å². The fourth-order valence-corrected chi connectivity index (χ4v) is 2.97. The Morgan fingerprint density at radius 3 is 2.77 bits per heavy atom. The zero-order valence-electron chi connectivity index (χ0n) is 15.7. The van der Waals surface area contributed by atoms with Gasteiger partial charge in [0.15, 0.2) is 11.5 Å². The lowest BCUT2D eigenvalue weighted by molar-refractivity contribution is 0.0601. The van der Waals surface area contributed by atoms with Crippen LogP contribution in [0.5, 0.6) is 11.5 Å². The molecule has 0 saturated carbocycles. The number of nitrogens with zero attached hydrogens (tertiary/aromatic N) is 1. The highest BCUT2D eigenvalue weighted by Gasteiger charge is 2.16. The van der Waals surface area contributed by atoms with E-state index in [0.717, 1.165) is 0 Å². The largest absolute Gasteiger partial charge is 0.465 e. The van der Waals surface area contributed by atoms with E-state index in [-0.39, 0.29) is 17.4 Å². The molecule has 0 aliphatic carbocycles. The van der Waals surface area contributed by atoms with Crippen molar-refractivity contribution < 1.29 is 28.2 Å². The van der Waals surface area contributed by atoms with Gasteiger partial charge in [-0.25, -0.2) is 10.2 Å². The summed E-state index contributed by atoms with van der Waals surface area (Å²) in [5.41, 5.74) is 3.68. The SMILES string of the molecule is COC(=O)c1cc(-c2ccc(/C=N\NC(=O)c3ccc4c(c3)OCO4)o2)ccc1Cl. The van der Waals surface area contributed by atoms with Crippen molar-refractivity contribution in [2.75, 3.05) is 13.9 Å². The molecule has 1 aromatic heterocycles. The van der Waals surface area contributed by atoms with E-state index in [1.54, 1.807) is 48.5 Å². The molecule has 30 heavy (non-hydrogen) atoms. The molecule has 0 atom stereocenters. The number of hydrogen-bond acceptors (Lipinski definition) is 7. The molecule has 1 aliphatic rings. The summed E-state index contributed by atoms with van der Waals surface area (Å²) >= 11 is 6.03. The van der Waals surface area contributed by atoms with Crippen LogP contribution in [0.25, 0.3) is 11.3 Å². The first-order valence-corrected chi connectivity index (χ1v) is 9.14. The van der Waals surface area contributed by atoms with Gasteiger partial charge in [0.2, 0.25) is 6.79 Å². The minimum Gasteiger partial charge on any atom is -0.465 e. The maximum absolute atomic E-state index is 12.2. The van der Waals surface area contributed by atoms with Crippen LogP contribution in [-0.4, -0.2) is 32.0 Å². The Kier molecular flexibility index (Phi) is 5.40. The van der Waals surface area contributed by atoms with E-state index in [9.17, 15) is 9.59 Å². The Balaban J connectivity index is 1.44. The van der Waals surface area contributed by atoms with Crippen LogP contribution in [0.1, 0.15) is 26.5 Å². The van der Waals surface area contributed by atoms with E-state index < -0.39 is 11.9 Å². The van der Waals surface area contributed by atoms with E-state index in [0.29, 0.717) is 34.1 Å². The number of nitrogens with one attached hydrogen (secondary N) is 1. The van der Waals surface area contributed by atoms with Gasteiger partial charge in [-0.05, 0) is 48.5 Å². The lowest BCUT2D eigenvalue weighted by atomic mass is 10.1. The number of hydrazone groups is 1. The minimum atomic E-state index is -0.540. The molecule has 3 aromatic rings. The molecule has 8 nitrogen and oxygen atoms in total. The van der Waals surface area contributed by atoms with Crippen molar-refractivity contribution in [2.45, 2.75) is 0 Å². The van der Waals surface area contributed by atoms with Crippen LogP contribution in [-0.2, 0) is 4.74 Å². The molecule has 2 heterocycles. The number of hydrogen-bond donors (Lipinski definition) is 1. The first-order valence-electron chi connectivity index (χ1n) is 8.76. The number of carbonyl (C=O) groups is 2. The Hall–Kier alpha value is -3.78. The van der Waals surface area contributed by atoms with Gasteiger partial charge in [0.05, 0.1) is 23.9 Å². The van der Waals surface area contributed by atoms with Crippen molar-refractivity contribution in [3.8, 4) is 22.8 Å². The zero-order chi connectivity index (χ0) is 21.1. The third-order valence-electron chi connectivity index (χ3n) is 4.28. The molecule has 1 aliphatic heterocycles. The van der Waals surface area contributed by atoms with Crippen LogP contribution in [0.3, 0.4) is 0 Å². The van der Waals surface area contributed by atoms with E-state index in [2.05, 4.69) is 10.5 Å². The van der Waals surface area contributed by atoms with Crippen molar-refractivity contribution in [3.05, 3.63) is 70.4 Å². The number of benzene rings is 2. The van der Waals surface area contributed by atoms with Crippen molar-refractivity contribution in [3.63, 3.8) is 0 Å². The normalized spacial score (nSPS) is 12.2. The topological polar surface area (TPSA) is 99.4 Å². The molecule has 0 fully saturated rings. The number of methoxy groups -OCH3 is 1. The van der Waals surface area contributed by atoms with E-state index >= 15 is 0 Å². The summed E-state index contributed by atoms with van der Waals surface area (Å²) in [4.78, 5) is 24.0. The lowest BCUT2D eigenvalue weighted by Crippen LogP contribution is -2.17. The highest BCUT2D eigenvalue weighted by Crippen LogP contribution is 2.32. The summed E-state index contributed by atoms with van der Waals surface area (Å²) in [5.74, 6) is 1.07. The average Bonchev–Trinajstić information content (AvgIpc) is 3.42. The first-order chi connectivity index (χ1) is 14.5. The third kappa shape index (κ3) is 3.99. The van der Waals surface area contributed by atoms with Crippen LogP contribution >= 0.6 is 11.6 Å². The number of furan rings is 1. The van der Waals surface area contributed by atoms with E-state index in [4.69, 9.17) is 30.2 Å². The van der Waals surface area contributed by atoms with Gasteiger partial charge in [0, 0.05) is 11.1 Å². The maximum Gasteiger partial charge on any atom is 0.339 e. The summed E-state index contributed by atoms with van der Waals surface area (Å²) in [7, 11) is 1.28. The van der Waals surface area contributed by atoms with Gasteiger partial charge in [-0.2, -0.15) is 5.10 Å². The number of ether oxygens (including phenoxy) is 3.